The lowest BCUT2D eigenvalue weighted by molar-refractivity contribution is 0.633. The van der Waals surface area contributed by atoms with E-state index in [-0.39, 0.29) is 0 Å². The van der Waals surface area contributed by atoms with Crippen LogP contribution in [0.3, 0.4) is 0 Å². The van der Waals surface area contributed by atoms with E-state index in [0.717, 1.165) is 0 Å². The van der Waals surface area contributed by atoms with Crippen molar-refractivity contribution in [2.24, 2.45) is 9.98 Å². The summed E-state index contributed by atoms with van der Waals surface area (Å²) in [7, 11) is 0. The first kappa shape index (κ1) is 4.61. The Kier molecular flexibility index (Phi) is 0.704. The molecule has 2 nitrogen and oxygen atoms in total. The highest BCUT2D eigenvalue weighted by atomic mass is 19.1. The van der Waals surface area contributed by atoms with Crippen molar-refractivity contribution in [3.8, 4) is 0 Å². The first-order chi connectivity index (χ1) is 4.36. The Morgan fingerprint density at radius 2 is 2.22 bits per heavy atom. The summed E-state index contributed by atoms with van der Waals surface area (Å²) in [4.78, 5) is 7.38. The van der Waals surface area contributed by atoms with E-state index in [1.54, 1.807) is 12.3 Å². The molecule has 0 aromatic rings. The normalized spacial score (nSPS) is 21.2. The lowest BCUT2D eigenvalue weighted by Crippen LogP contribution is -1.98. The van der Waals surface area contributed by atoms with E-state index in [4.69, 9.17) is 0 Å². The Balaban J connectivity index is 2.53. The summed E-state index contributed by atoms with van der Waals surface area (Å²) < 4.78 is 12.2. The quantitative estimate of drug-likeness (QED) is 0.431. The molecule has 9 heavy (non-hydrogen) atoms. The molecule has 44 valence electrons. The molecular weight excluding hydrogens is 119 g/mol. The van der Waals surface area contributed by atoms with Gasteiger partial charge in [-0.15, -0.1) is 0 Å². The van der Waals surface area contributed by atoms with Gasteiger partial charge < -0.3 is 0 Å². The minimum absolute atomic E-state index is 0.451. The Morgan fingerprint density at radius 3 is 3.00 bits per heavy atom. The molecule has 0 bridgehead atoms. The molecule has 0 aliphatic carbocycles. The van der Waals surface area contributed by atoms with Crippen molar-refractivity contribution in [1.29, 1.82) is 0 Å². The zero-order valence-corrected chi connectivity index (χ0v) is 4.50. The zero-order valence-electron chi connectivity index (χ0n) is 4.50. The Bertz CT molecular complexity index is 271. The van der Waals surface area contributed by atoms with E-state index in [0.29, 0.717) is 11.4 Å². The van der Waals surface area contributed by atoms with Crippen LogP contribution in [-0.4, -0.2) is 11.4 Å². The average molecular weight is 122 g/mol. The van der Waals surface area contributed by atoms with Gasteiger partial charge in [-0.3, -0.25) is 4.99 Å². The monoisotopic (exact) mass is 122 g/mol. The lowest BCUT2D eigenvalue weighted by Gasteiger charge is -1.79. The molecular formula is C6H3FN2. The van der Waals surface area contributed by atoms with Gasteiger partial charge in [-0.25, -0.2) is 4.99 Å². The smallest absolute Gasteiger partial charge is 0.215 e. The van der Waals surface area contributed by atoms with Crippen molar-refractivity contribution >= 4 is 11.4 Å². The Hall–Kier alpha value is -1.25. The largest absolute Gasteiger partial charge is 0.254 e. The topological polar surface area (TPSA) is 24.7 Å². The van der Waals surface area contributed by atoms with E-state index in [9.17, 15) is 4.39 Å². The molecule has 2 heterocycles. The number of allylic oxidation sites excluding steroid dienone is 2. The van der Waals surface area contributed by atoms with Crippen LogP contribution in [0.1, 0.15) is 0 Å². The fraction of sp³-hybridized carbons (Fsp3) is 0. The number of hydrogen-bond donors (Lipinski definition) is 0. The lowest BCUT2D eigenvalue weighted by atomic mass is 10.3. The van der Waals surface area contributed by atoms with Crippen molar-refractivity contribution in [2.45, 2.75) is 0 Å². The summed E-state index contributed by atoms with van der Waals surface area (Å²) in [6, 6.07) is 0. The molecule has 2 aliphatic heterocycles. The summed E-state index contributed by atoms with van der Waals surface area (Å²) in [5, 5.41) is 0. The fourth-order valence-electron chi connectivity index (χ4n) is 0.806. The molecule has 3 heteroatoms. The maximum atomic E-state index is 12.2. The van der Waals surface area contributed by atoms with Gasteiger partial charge in [0.2, 0.25) is 5.95 Å². The molecule has 0 saturated carbocycles. The molecule has 0 saturated heterocycles. The molecule has 0 aromatic carbocycles. The third-order valence-electron chi connectivity index (χ3n) is 1.19. The van der Waals surface area contributed by atoms with Crippen LogP contribution in [0.15, 0.2) is 34.3 Å². The maximum Gasteiger partial charge on any atom is 0.215 e. The van der Waals surface area contributed by atoms with Gasteiger partial charge in [-0.2, -0.15) is 4.39 Å². The van der Waals surface area contributed by atoms with Gasteiger partial charge in [0.25, 0.3) is 0 Å². The van der Waals surface area contributed by atoms with Gasteiger partial charge in [-0.05, 0) is 6.08 Å². The highest BCUT2D eigenvalue weighted by Crippen LogP contribution is 2.13. The van der Waals surface area contributed by atoms with Crippen LogP contribution in [0.2, 0.25) is 0 Å². The zero-order chi connectivity index (χ0) is 6.27. The van der Waals surface area contributed by atoms with Gasteiger partial charge in [0.05, 0.1) is 11.4 Å². The molecule has 2 aliphatic rings. The summed E-state index contributed by atoms with van der Waals surface area (Å²) in [6.07, 6.45) is 4.60. The third-order valence-corrected chi connectivity index (χ3v) is 1.19. The predicted octanol–water partition coefficient (Wildman–Crippen LogP) is 1.22. The van der Waals surface area contributed by atoms with E-state index in [2.05, 4.69) is 9.98 Å². The molecule has 0 radical (unpaired) electrons. The molecule has 0 fully saturated rings. The summed E-state index contributed by atoms with van der Waals surface area (Å²) >= 11 is 0. The summed E-state index contributed by atoms with van der Waals surface area (Å²) in [5.41, 5.74) is 1.26. The second kappa shape index (κ2) is 1.37. The first-order valence-electron chi connectivity index (χ1n) is 2.57. The SMILES string of the molecule is FC1=CC2=NC=CC2=N1. The van der Waals surface area contributed by atoms with Crippen molar-refractivity contribution in [1.82, 2.24) is 0 Å². The Morgan fingerprint density at radius 1 is 1.33 bits per heavy atom. The molecule has 2 rings (SSSR count). The molecule has 0 unspecified atom stereocenters. The van der Waals surface area contributed by atoms with Gasteiger partial charge in [0.1, 0.15) is 0 Å². The van der Waals surface area contributed by atoms with Crippen LogP contribution < -0.4 is 0 Å². The highest BCUT2D eigenvalue weighted by molar-refractivity contribution is 6.53. The minimum Gasteiger partial charge on any atom is -0.254 e. The average Bonchev–Trinajstić information content (AvgIpc) is 2.22. The number of rotatable bonds is 0. The van der Waals surface area contributed by atoms with Crippen molar-refractivity contribution in [3.05, 3.63) is 24.3 Å². The van der Waals surface area contributed by atoms with E-state index < -0.39 is 5.95 Å². The number of halogens is 1. The van der Waals surface area contributed by atoms with Gasteiger partial charge in [0, 0.05) is 12.3 Å². The Labute approximate surface area is 51.1 Å². The van der Waals surface area contributed by atoms with E-state index in [1.165, 1.54) is 6.08 Å². The maximum absolute atomic E-state index is 12.2. The fourth-order valence-corrected chi connectivity index (χ4v) is 0.806. The van der Waals surface area contributed by atoms with Crippen molar-refractivity contribution < 1.29 is 4.39 Å². The standard InChI is InChI=1S/C6H3FN2/c7-6-3-5-4(9-6)1-2-8-5/h1-3H. The molecule has 0 aromatic heterocycles. The van der Waals surface area contributed by atoms with Crippen LogP contribution in [-0.2, 0) is 0 Å². The van der Waals surface area contributed by atoms with E-state index >= 15 is 0 Å². The molecule has 0 atom stereocenters. The van der Waals surface area contributed by atoms with Gasteiger partial charge in [-0.1, -0.05) is 0 Å². The first-order valence-corrected chi connectivity index (χ1v) is 2.57. The number of hydrogen-bond acceptors (Lipinski definition) is 2. The van der Waals surface area contributed by atoms with Crippen molar-refractivity contribution in [2.75, 3.05) is 0 Å². The van der Waals surface area contributed by atoms with Crippen LogP contribution in [0.5, 0.6) is 0 Å². The minimum atomic E-state index is -0.451. The number of aliphatic imine (C=N–C) groups is 2. The second-order valence-corrected chi connectivity index (χ2v) is 1.79. The molecule has 0 N–H and O–H groups in total. The summed E-state index contributed by atoms with van der Waals surface area (Å²) in [5.74, 6) is -0.451. The van der Waals surface area contributed by atoms with E-state index in [1.807, 2.05) is 0 Å². The van der Waals surface area contributed by atoms with Crippen LogP contribution in [0.4, 0.5) is 4.39 Å². The van der Waals surface area contributed by atoms with Gasteiger partial charge in [0.15, 0.2) is 0 Å². The second-order valence-electron chi connectivity index (χ2n) is 1.79. The molecule has 0 amide bonds. The third kappa shape index (κ3) is 0.543. The van der Waals surface area contributed by atoms with Gasteiger partial charge >= 0.3 is 0 Å². The predicted molar refractivity (Wildman–Crippen MR) is 33.2 cm³/mol. The van der Waals surface area contributed by atoms with Crippen LogP contribution in [0, 0.1) is 0 Å². The molecule has 0 spiro atoms. The number of fused-ring (bicyclic) bond motifs is 1. The van der Waals surface area contributed by atoms with Crippen molar-refractivity contribution in [3.63, 3.8) is 0 Å². The number of nitrogens with zero attached hydrogens (tertiary/aromatic N) is 2. The highest BCUT2D eigenvalue weighted by Gasteiger charge is 2.15. The summed E-state index contributed by atoms with van der Waals surface area (Å²) in [6.45, 7) is 0. The van der Waals surface area contributed by atoms with Crippen LogP contribution >= 0.6 is 0 Å². The van der Waals surface area contributed by atoms with Crippen LogP contribution in [0.25, 0.3) is 0 Å².